The number of hydrogen-bond acceptors (Lipinski definition) is 7. The number of aromatic nitrogens is 1. The van der Waals surface area contributed by atoms with Gasteiger partial charge in [0.1, 0.15) is 22.3 Å². The van der Waals surface area contributed by atoms with Crippen molar-refractivity contribution in [3.63, 3.8) is 0 Å². The van der Waals surface area contributed by atoms with E-state index in [1.165, 1.54) is 18.9 Å². The first-order valence-corrected chi connectivity index (χ1v) is 12.8. The molecule has 1 fully saturated rings. The predicted molar refractivity (Wildman–Crippen MR) is 138 cm³/mol. The Morgan fingerprint density at radius 3 is 2.47 bits per heavy atom. The zero-order valence-corrected chi connectivity index (χ0v) is 21.5. The molecule has 192 valence electrons. The second-order valence-electron chi connectivity index (χ2n) is 9.71. The molecule has 7 nitrogen and oxygen atoms in total. The van der Waals surface area contributed by atoms with Crippen LogP contribution in [0, 0.1) is 17.6 Å². The Kier molecular flexibility index (Phi) is 7.56. The first-order valence-electron chi connectivity index (χ1n) is 12.0. The summed E-state index contributed by atoms with van der Waals surface area (Å²) in [5, 5.41) is 6.61. The van der Waals surface area contributed by atoms with Gasteiger partial charge in [0.15, 0.2) is 5.13 Å². The molecule has 1 aromatic heterocycles. The number of thiazole rings is 1. The van der Waals surface area contributed by atoms with Gasteiger partial charge in [0.05, 0.1) is 5.56 Å². The van der Waals surface area contributed by atoms with Crippen LogP contribution in [0.5, 0.6) is 0 Å². The van der Waals surface area contributed by atoms with E-state index in [9.17, 15) is 18.4 Å². The van der Waals surface area contributed by atoms with Crippen molar-refractivity contribution in [3.8, 4) is 0 Å². The Hall–Kier alpha value is -3.11. The molecule has 1 unspecified atom stereocenters. The third-order valence-electron chi connectivity index (χ3n) is 7.17. The Morgan fingerprint density at radius 1 is 1.19 bits per heavy atom. The summed E-state index contributed by atoms with van der Waals surface area (Å²) in [5.74, 6) is -2.94. The van der Waals surface area contributed by atoms with Crippen LogP contribution in [0.15, 0.2) is 41.6 Å². The molecule has 2 aromatic rings. The van der Waals surface area contributed by atoms with E-state index in [0.29, 0.717) is 23.7 Å². The molecule has 0 bridgehead atoms. The fourth-order valence-corrected chi connectivity index (χ4v) is 5.72. The van der Waals surface area contributed by atoms with Gasteiger partial charge in [-0.3, -0.25) is 9.59 Å². The molecule has 4 N–H and O–H groups in total. The number of carbonyl (C=O) groups is 2. The van der Waals surface area contributed by atoms with Gasteiger partial charge in [0.2, 0.25) is 11.7 Å². The molecular weight excluding hydrogens is 484 g/mol. The first-order chi connectivity index (χ1) is 17.1. The van der Waals surface area contributed by atoms with Crippen molar-refractivity contribution in [1.82, 2.24) is 15.2 Å². The predicted octanol–water partition coefficient (Wildman–Crippen LogP) is 4.49. The summed E-state index contributed by atoms with van der Waals surface area (Å²) in [5.41, 5.74) is 6.77. The topological polar surface area (TPSA) is 100 Å². The average Bonchev–Trinajstić information content (AvgIpc) is 3.46. The highest BCUT2D eigenvalue weighted by molar-refractivity contribution is 7.18. The van der Waals surface area contributed by atoms with Crippen molar-refractivity contribution < 1.29 is 18.4 Å². The van der Waals surface area contributed by atoms with Crippen molar-refractivity contribution in [2.24, 2.45) is 5.92 Å². The lowest BCUT2D eigenvalue weighted by molar-refractivity contribution is -0.118. The number of allylic oxidation sites excluding steroid dienone is 3. The number of hydrogen-bond donors (Lipinski definition) is 3. The minimum atomic E-state index is -0.953. The van der Waals surface area contributed by atoms with Crippen LogP contribution in [0.4, 0.5) is 19.7 Å². The van der Waals surface area contributed by atoms with Crippen molar-refractivity contribution >= 4 is 34.0 Å². The molecule has 1 saturated carbocycles. The molecule has 1 aromatic carbocycles. The molecule has 1 atom stereocenters. The third-order valence-corrected chi connectivity index (χ3v) is 8.16. The molecule has 0 aliphatic heterocycles. The van der Waals surface area contributed by atoms with E-state index in [0.717, 1.165) is 42.0 Å². The second-order valence-corrected chi connectivity index (χ2v) is 10.7. The van der Waals surface area contributed by atoms with E-state index in [2.05, 4.69) is 34.6 Å². The van der Waals surface area contributed by atoms with Crippen molar-refractivity contribution in [1.29, 1.82) is 0 Å². The summed E-state index contributed by atoms with van der Waals surface area (Å²) in [4.78, 5) is 32.0. The zero-order chi connectivity index (χ0) is 26.0. The number of benzene rings is 1. The average molecular weight is 516 g/mol. The quantitative estimate of drug-likeness (QED) is 0.448. The number of nitrogens with two attached hydrogens (primary N) is 1. The van der Waals surface area contributed by atoms with Gasteiger partial charge < -0.3 is 21.3 Å². The van der Waals surface area contributed by atoms with Crippen LogP contribution in [0.1, 0.15) is 54.3 Å². The normalized spacial score (nSPS) is 19.1. The van der Waals surface area contributed by atoms with Gasteiger partial charge >= 0.3 is 0 Å². The molecule has 2 aliphatic carbocycles. The Labute approximate surface area is 213 Å². The van der Waals surface area contributed by atoms with E-state index in [1.807, 2.05) is 13.0 Å². The Morgan fingerprint density at radius 2 is 1.86 bits per heavy atom. The van der Waals surface area contributed by atoms with Gasteiger partial charge in [0.25, 0.3) is 0 Å². The Balaban J connectivity index is 1.44. The van der Waals surface area contributed by atoms with Crippen LogP contribution in [0.3, 0.4) is 0 Å². The molecule has 0 spiro atoms. The van der Waals surface area contributed by atoms with Crippen LogP contribution < -0.4 is 16.4 Å². The highest BCUT2D eigenvalue weighted by Gasteiger charge is 2.36. The molecule has 0 saturated heterocycles. The SMILES string of the molecule is CC1CC(C(=O)NCC2(N(C)C)CCCC2)=CC=C1Nc1nc(N)c(C(=O)c2c(F)cccc2F)s1. The monoisotopic (exact) mass is 515 g/mol. The molecule has 1 heterocycles. The fourth-order valence-electron chi connectivity index (χ4n) is 4.87. The highest BCUT2D eigenvalue weighted by Crippen LogP contribution is 2.34. The van der Waals surface area contributed by atoms with Gasteiger partial charge in [-0.1, -0.05) is 43.2 Å². The number of halogens is 2. The number of ketones is 1. The maximum absolute atomic E-state index is 14.1. The van der Waals surface area contributed by atoms with Crippen LogP contribution >= 0.6 is 11.3 Å². The number of rotatable bonds is 8. The number of likely N-dealkylation sites (N-methyl/N-ethyl adjacent to an activating group) is 1. The van der Waals surface area contributed by atoms with Crippen LogP contribution in [0.2, 0.25) is 0 Å². The number of nitrogen functional groups attached to an aromatic ring is 1. The Bertz CT molecular complexity index is 1210. The van der Waals surface area contributed by atoms with Crippen molar-refractivity contribution in [2.45, 2.75) is 44.6 Å². The lowest BCUT2D eigenvalue weighted by Gasteiger charge is -2.36. The van der Waals surface area contributed by atoms with Crippen LogP contribution in [-0.2, 0) is 4.79 Å². The molecule has 36 heavy (non-hydrogen) atoms. The highest BCUT2D eigenvalue weighted by atomic mass is 32.1. The van der Waals surface area contributed by atoms with Gasteiger partial charge in [-0.15, -0.1) is 0 Å². The maximum Gasteiger partial charge on any atom is 0.247 e. The molecule has 0 radical (unpaired) electrons. The van der Waals surface area contributed by atoms with E-state index in [1.54, 1.807) is 6.08 Å². The number of nitrogens with one attached hydrogen (secondary N) is 2. The minimum absolute atomic E-state index is 0.0154. The second kappa shape index (κ2) is 10.5. The molecule has 4 rings (SSSR count). The smallest absolute Gasteiger partial charge is 0.247 e. The number of amides is 1. The first kappa shape index (κ1) is 26.0. The summed E-state index contributed by atoms with van der Waals surface area (Å²) in [6, 6.07) is 3.24. The molecule has 1 amide bonds. The van der Waals surface area contributed by atoms with Gasteiger partial charge in [0, 0.05) is 29.3 Å². The summed E-state index contributed by atoms with van der Waals surface area (Å²) in [6.45, 7) is 2.60. The molecule has 2 aliphatic rings. The van der Waals surface area contributed by atoms with Gasteiger partial charge in [-0.05, 0) is 51.6 Å². The van der Waals surface area contributed by atoms with E-state index in [4.69, 9.17) is 5.73 Å². The minimum Gasteiger partial charge on any atom is -0.382 e. The molecule has 10 heteroatoms. The fraction of sp³-hybridized carbons (Fsp3) is 0.423. The lowest BCUT2D eigenvalue weighted by Crippen LogP contribution is -2.51. The number of anilines is 2. The largest absolute Gasteiger partial charge is 0.382 e. The van der Waals surface area contributed by atoms with E-state index in [-0.39, 0.29) is 28.1 Å². The van der Waals surface area contributed by atoms with Crippen molar-refractivity contribution in [2.75, 3.05) is 31.7 Å². The van der Waals surface area contributed by atoms with Gasteiger partial charge in [-0.25, -0.2) is 13.8 Å². The standard InChI is InChI=1S/C26H31F2N5O2S/c1-15-13-16(24(35)30-14-26(33(2)3)11-4-5-12-26)9-10-19(15)31-25-32-23(29)22(36-25)21(34)20-17(27)7-6-8-18(20)28/h6-10,15H,4-5,11-14,29H2,1-3H3,(H,30,35)(H,31,32). The number of nitrogens with zero attached hydrogens (tertiary/aromatic N) is 2. The van der Waals surface area contributed by atoms with Crippen LogP contribution in [-0.4, -0.2) is 47.8 Å². The third kappa shape index (κ3) is 5.19. The summed E-state index contributed by atoms with van der Waals surface area (Å²) in [6.07, 6.45) is 8.64. The summed E-state index contributed by atoms with van der Waals surface area (Å²) < 4.78 is 28.1. The maximum atomic E-state index is 14.1. The van der Waals surface area contributed by atoms with Crippen molar-refractivity contribution in [3.05, 3.63) is 63.7 Å². The zero-order valence-electron chi connectivity index (χ0n) is 20.7. The van der Waals surface area contributed by atoms with Gasteiger partial charge in [-0.2, -0.15) is 0 Å². The summed E-state index contributed by atoms with van der Waals surface area (Å²) >= 11 is 0.932. The number of carbonyl (C=O) groups excluding carboxylic acids is 2. The lowest BCUT2D eigenvalue weighted by atomic mass is 9.91. The van der Waals surface area contributed by atoms with E-state index >= 15 is 0 Å². The summed E-state index contributed by atoms with van der Waals surface area (Å²) in [7, 11) is 4.13. The van der Waals surface area contributed by atoms with Crippen LogP contribution in [0.25, 0.3) is 0 Å². The van der Waals surface area contributed by atoms with E-state index < -0.39 is 23.0 Å². The molecular formula is C26H31F2N5O2S.